The summed E-state index contributed by atoms with van der Waals surface area (Å²) < 4.78 is 45.5. The zero-order chi connectivity index (χ0) is 28.0. The molecule has 2 aromatic rings. The van der Waals surface area contributed by atoms with Gasteiger partial charge in [0.2, 0.25) is 0 Å². The van der Waals surface area contributed by atoms with Crippen LogP contribution in [0.1, 0.15) is 20.7 Å². The molecule has 0 bridgehead atoms. The number of para-hydroxylation sites is 1. The molecular weight excluding hydrogens is 414 g/mol. The molecule has 0 amide bonds. The molecule has 1 unspecified atom stereocenters. The minimum atomic E-state index is -2.71. The van der Waals surface area contributed by atoms with Gasteiger partial charge in [0.05, 0.1) is 23.0 Å². The maximum absolute atomic E-state index is 9.55. The molecule has 8 heteroatoms. The van der Waals surface area contributed by atoms with Gasteiger partial charge >= 0.3 is 11.9 Å². The van der Waals surface area contributed by atoms with Crippen molar-refractivity contribution >= 4 is 35.1 Å². The number of carbonyl (C=O) groups is 2. The SMILES string of the molecule is O=C(O)C=CC(=O)O.[2H]C([2H])([2H])N(CC(C)CN1c2ccccc2Sc2ccc(C#N)cc21)C([2H])([2H])[2H]. The first-order valence-electron chi connectivity index (χ1n) is 12.1. The van der Waals surface area contributed by atoms with Gasteiger partial charge in [-0.2, -0.15) is 5.26 Å². The first kappa shape index (κ1) is 16.4. The van der Waals surface area contributed by atoms with Gasteiger partial charge in [-0.1, -0.05) is 30.8 Å². The van der Waals surface area contributed by atoms with Crippen LogP contribution in [0, 0.1) is 17.2 Å². The molecule has 0 spiro atoms. The van der Waals surface area contributed by atoms with Crippen LogP contribution in [-0.4, -0.2) is 54.1 Å². The van der Waals surface area contributed by atoms with Crippen molar-refractivity contribution in [1.29, 1.82) is 5.26 Å². The van der Waals surface area contributed by atoms with E-state index in [-0.39, 0.29) is 12.5 Å². The predicted octanol–water partition coefficient (Wildman–Crippen LogP) is 4.07. The number of fused-ring (bicyclic) bond motifs is 2. The van der Waals surface area contributed by atoms with Crippen LogP contribution in [0.25, 0.3) is 0 Å². The third-order valence-electron chi connectivity index (χ3n) is 4.11. The Morgan fingerprint density at radius 3 is 2.42 bits per heavy atom. The molecule has 1 heterocycles. The van der Waals surface area contributed by atoms with Gasteiger partial charge in [-0.3, -0.25) is 0 Å². The van der Waals surface area contributed by atoms with E-state index < -0.39 is 25.9 Å². The number of benzene rings is 2. The minimum Gasteiger partial charge on any atom is -0.478 e. The fourth-order valence-corrected chi connectivity index (χ4v) is 4.00. The maximum Gasteiger partial charge on any atom is 0.328 e. The number of carboxylic acids is 2. The van der Waals surface area contributed by atoms with Crippen molar-refractivity contribution < 1.29 is 28.0 Å². The highest BCUT2D eigenvalue weighted by atomic mass is 32.2. The van der Waals surface area contributed by atoms with Gasteiger partial charge in [-0.05, 0) is 50.2 Å². The molecule has 7 nitrogen and oxygen atoms in total. The quantitative estimate of drug-likeness (QED) is 0.641. The number of nitrogens with zero attached hydrogens (tertiary/aromatic N) is 3. The Hall–Kier alpha value is -3.28. The van der Waals surface area contributed by atoms with Gasteiger partial charge in [0.15, 0.2) is 0 Å². The van der Waals surface area contributed by atoms with Crippen LogP contribution in [0.2, 0.25) is 0 Å². The Kier molecular flexibility index (Phi) is 5.93. The predicted molar refractivity (Wildman–Crippen MR) is 121 cm³/mol. The van der Waals surface area contributed by atoms with Crippen molar-refractivity contribution in [3.05, 3.63) is 60.2 Å². The van der Waals surface area contributed by atoms with Crippen molar-refractivity contribution in [3.63, 3.8) is 0 Å². The van der Waals surface area contributed by atoms with Crippen LogP contribution >= 0.6 is 11.8 Å². The summed E-state index contributed by atoms with van der Waals surface area (Å²) in [4.78, 5) is 23.8. The van der Waals surface area contributed by atoms with Crippen LogP contribution in [-0.2, 0) is 9.59 Å². The first-order chi connectivity index (χ1) is 17.1. The first-order valence-corrected chi connectivity index (χ1v) is 9.95. The summed E-state index contributed by atoms with van der Waals surface area (Å²) in [7, 11) is 0. The van der Waals surface area contributed by atoms with Crippen LogP contribution < -0.4 is 4.90 Å². The maximum atomic E-state index is 9.55. The van der Waals surface area contributed by atoms with Gasteiger partial charge in [-0.25, -0.2) is 9.59 Å². The topological polar surface area (TPSA) is 105 Å². The number of nitriles is 1. The van der Waals surface area contributed by atoms with E-state index >= 15 is 0 Å². The Morgan fingerprint density at radius 2 is 1.81 bits per heavy atom. The number of hydrogen-bond donors (Lipinski definition) is 2. The second kappa shape index (κ2) is 11.2. The molecule has 1 aliphatic heterocycles. The number of hydrogen-bond acceptors (Lipinski definition) is 6. The zero-order valence-corrected chi connectivity index (χ0v) is 17.5. The number of carboxylic acid groups (broad SMARTS) is 2. The number of anilines is 2. The van der Waals surface area contributed by atoms with Crippen LogP contribution in [0.4, 0.5) is 11.4 Å². The van der Waals surface area contributed by atoms with Crippen molar-refractivity contribution in [2.45, 2.75) is 16.7 Å². The molecule has 31 heavy (non-hydrogen) atoms. The van der Waals surface area contributed by atoms with Crippen molar-refractivity contribution in [2.75, 3.05) is 31.9 Å². The summed E-state index contributed by atoms with van der Waals surface area (Å²) in [6.45, 7) is -3.26. The summed E-state index contributed by atoms with van der Waals surface area (Å²) in [6, 6.07) is 15.5. The highest BCUT2D eigenvalue weighted by Crippen LogP contribution is 2.48. The average molecular weight is 446 g/mol. The second-order valence-electron chi connectivity index (χ2n) is 6.70. The molecule has 1 atom stereocenters. The molecule has 0 saturated carbocycles. The van der Waals surface area contributed by atoms with Crippen molar-refractivity contribution in [2.24, 2.45) is 5.92 Å². The largest absolute Gasteiger partial charge is 0.478 e. The van der Waals surface area contributed by atoms with Gasteiger partial charge < -0.3 is 20.0 Å². The Balaban J connectivity index is 0.000000521. The fraction of sp³-hybridized carbons (Fsp3) is 0.261. The molecule has 0 saturated heterocycles. The Morgan fingerprint density at radius 1 is 1.16 bits per heavy atom. The third kappa shape index (κ3) is 7.17. The number of aliphatic carboxylic acids is 2. The minimum absolute atomic E-state index is 0.105. The van der Waals surface area contributed by atoms with E-state index in [9.17, 15) is 14.9 Å². The summed E-state index contributed by atoms with van der Waals surface area (Å²) in [5.74, 6) is -2.77. The lowest BCUT2D eigenvalue weighted by Crippen LogP contribution is -2.31. The zero-order valence-electron chi connectivity index (χ0n) is 22.6. The van der Waals surface area contributed by atoms with Gasteiger partial charge in [0, 0.05) is 43.3 Å². The molecule has 3 rings (SSSR count). The molecule has 1 aliphatic rings. The van der Waals surface area contributed by atoms with Crippen molar-refractivity contribution in [1.82, 2.24) is 4.90 Å². The summed E-state index contributed by atoms with van der Waals surface area (Å²) >= 11 is 1.61. The Labute approximate surface area is 194 Å². The average Bonchev–Trinajstić information content (AvgIpc) is 2.80. The molecule has 0 radical (unpaired) electrons. The van der Waals surface area contributed by atoms with Crippen LogP contribution in [0.3, 0.4) is 0 Å². The van der Waals surface area contributed by atoms with E-state index in [4.69, 9.17) is 18.4 Å². The highest BCUT2D eigenvalue weighted by molar-refractivity contribution is 7.99. The fourth-order valence-electron chi connectivity index (χ4n) is 2.92. The monoisotopic (exact) mass is 445 g/mol. The molecule has 2 N–H and O–H groups in total. The standard InChI is InChI=1S/C19H21N3S.C4H4O4/c1-14(12-21(2)3)13-22-16-6-4-5-7-18(16)23-19-9-8-15(11-20)10-17(19)22;5-3(6)1-2-4(7)8/h4-10,14H,12-13H2,1-3H3;1-2H,(H,5,6)(H,7,8)/i2D3,3D3;. The van der Waals surface area contributed by atoms with Crippen LogP contribution in [0.5, 0.6) is 0 Å². The van der Waals surface area contributed by atoms with E-state index in [0.717, 1.165) is 21.2 Å². The molecule has 0 aliphatic carbocycles. The summed E-state index contributed by atoms with van der Waals surface area (Å²) in [6.07, 6.45) is 1.12. The normalized spacial score (nSPS) is 16.6. The number of rotatable bonds is 6. The lowest BCUT2D eigenvalue weighted by molar-refractivity contribution is -0.134. The van der Waals surface area contributed by atoms with E-state index in [0.29, 0.717) is 29.2 Å². The molecule has 162 valence electrons. The summed E-state index contributed by atoms with van der Waals surface area (Å²) in [5.41, 5.74) is 2.36. The van der Waals surface area contributed by atoms with E-state index in [1.165, 1.54) is 0 Å². The van der Waals surface area contributed by atoms with Crippen LogP contribution in [0.15, 0.2) is 64.4 Å². The smallest absolute Gasteiger partial charge is 0.328 e. The third-order valence-corrected chi connectivity index (χ3v) is 5.24. The highest BCUT2D eigenvalue weighted by Gasteiger charge is 2.24. The Bertz CT molecular complexity index is 1180. The van der Waals surface area contributed by atoms with E-state index in [1.807, 2.05) is 48.2 Å². The molecular formula is C23H25N3O4S. The lowest BCUT2D eigenvalue weighted by Gasteiger charge is -2.35. The van der Waals surface area contributed by atoms with Crippen molar-refractivity contribution in [3.8, 4) is 6.07 Å². The molecule has 0 aromatic heterocycles. The van der Waals surface area contributed by atoms with Gasteiger partial charge in [0.25, 0.3) is 0 Å². The lowest BCUT2D eigenvalue weighted by atomic mass is 10.1. The second-order valence-corrected chi connectivity index (χ2v) is 7.78. The van der Waals surface area contributed by atoms with E-state index in [2.05, 4.69) is 6.07 Å². The van der Waals surface area contributed by atoms with Gasteiger partial charge in [0.1, 0.15) is 0 Å². The molecule has 0 fully saturated rings. The van der Waals surface area contributed by atoms with Gasteiger partial charge in [-0.15, -0.1) is 0 Å². The summed E-state index contributed by atoms with van der Waals surface area (Å²) in [5, 5.41) is 24.9. The molecule has 2 aromatic carbocycles. The van der Waals surface area contributed by atoms with E-state index in [1.54, 1.807) is 17.8 Å².